The molecule has 82 valence electrons. The van der Waals surface area contributed by atoms with E-state index in [0.29, 0.717) is 0 Å². The lowest BCUT2D eigenvalue weighted by atomic mass is 10.2. The van der Waals surface area contributed by atoms with Crippen LogP contribution in [0.4, 0.5) is 0 Å². The minimum absolute atomic E-state index is 0.0625. The fourth-order valence-electron chi connectivity index (χ4n) is 1.29. The summed E-state index contributed by atoms with van der Waals surface area (Å²) in [5, 5.41) is 0. The monoisotopic (exact) mass is 214 g/mol. The predicted octanol–water partition coefficient (Wildman–Crippen LogP) is 2.63. The third-order valence-electron chi connectivity index (χ3n) is 1.44. The molecule has 0 aliphatic heterocycles. The zero-order chi connectivity index (χ0) is 11.7. The summed E-state index contributed by atoms with van der Waals surface area (Å²) in [5.41, 5.74) is 0. The number of carbonyl (C=O) groups excluding carboxylic acids is 2. The number of hydrogen-bond acceptors (Lipinski definition) is 2. The number of rotatable bonds is 4. The highest BCUT2D eigenvalue weighted by atomic mass is 27.1. The lowest BCUT2D eigenvalue weighted by Gasteiger charge is -2.01. The molecule has 14 heavy (non-hydrogen) atoms. The van der Waals surface area contributed by atoms with Crippen molar-refractivity contribution in [3.05, 3.63) is 0 Å². The van der Waals surface area contributed by atoms with E-state index < -0.39 is 0 Å². The van der Waals surface area contributed by atoms with Gasteiger partial charge < -0.3 is 0 Å². The van der Waals surface area contributed by atoms with Gasteiger partial charge >= 0.3 is 0 Å². The summed E-state index contributed by atoms with van der Waals surface area (Å²) < 4.78 is 2.03. The summed E-state index contributed by atoms with van der Waals surface area (Å²) >= 11 is 0.281. The van der Waals surface area contributed by atoms with Crippen molar-refractivity contribution in [2.24, 2.45) is 0 Å². The first-order chi connectivity index (χ1) is 6.25. The number of Topliss-reactive ketones (excluding diaryl/α,β-unsaturated/α-hetero) is 2. The van der Waals surface area contributed by atoms with Gasteiger partial charge in [0.2, 0.25) is 15.2 Å². The van der Waals surface area contributed by atoms with E-state index in [1.165, 1.54) is 13.8 Å². The standard InChI is InChI=1S/C5H8O2.2C3H7.Al.H/c1-4(6)3-5(2)7;2*1-3-2;;/h3H2,1-2H3;2*3H,1-2H3;;. The Morgan fingerprint density at radius 3 is 1.21 bits per heavy atom. The van der Waals surface area contributed by atoms with Crippen molar-refractivity contribution in [3.8, 4) is 0 Å². The summed E-state index contributed by atoms with van der Waals surface area (Å²) in [4.78, 5) is 20.1. The Morgan fingerprint density at radius 1 is 0.929 bits per heavy atom. The van der Waals surface area contributed by atoms with Gasteiger partial charge in [-0.1, -0.05) is 37.3 Å². The number of carbonyl (C=O) groups is 2. The fraction of sp³-hybridized carbons (Fsp3) is 0.818. The van der Waals surface area contributed by atoms with E-state index in [0.717, 1.165) is 9.56 Å². The van der Waals surface area contributed by atoms with Crippen molar-refractivity contribution in [2.75, 3.05) is 0 Å². The molecule has 3 heteroatoms. The lowest BCUT2D eigenvalue weighted by molar-refractivity contribution is -0.124. The Balaban J connectivity index is 0. The quantitative estimate of drug-likeness (QED) is 0.532. The molecule has 0 amide bonds. The minimum Gasteiger partial charge on any atom is -0.300 e. The summed E-state index contributed by atoms with van der Waals surface area (Å²) in [6.07, 6.45) is 0.0833. The van der Waals surface area contributed by atoms with Crippen molar-refractivity contribution in [1.29, 1.82) is 0 Å². The molecule has 2 nitrogen and oxygen atoms in total. The molecule has 0 saturated heterocycles. The molecular formula is C11H23AlO2. The average Bonchev–Trinajstić information content (AvgIpc) is 1.79. The minimum atomic E-state index is -0.0625. The molecule has 0 aliphatic rings. The maximum absolute atomic E-state index is 10.0. The van der Waals surface area contributed by atoms with Crippen LogP contribution in [0.5, 0.6) is 0 Å². The van der Waals surface area contributed by atoms with Gasteiger partial charge in [-0.3, -0.25) is 9.59 Å². The van der Waals surface area contributed by atoms with Crippen LogP contribution in [-0.4, -0.2) is 26.8 Å². The van der Waals surface area contributed by atoms with E-state index in [-0.39, 0.29) is 33.2 Å². The van der Waals surface area contributed by atoms with Crippen molar-refractivity contribution in [2.45, 2.75) is 57.5 Å². The predicted molar refractivity (Wildman–Crippen MR) is 63.3 cm³/mol. The molecule has 0 atom stereocenters. The van der Waals surface area contributed by atoms with Gasteiger partial charge in [-0.05, 0) is 13.8 Å². The normalized spacial score (nSPS) is 9.43. The van der Waals surface area contributed by atoms with Crippen LogP contribution in [0, 0.1) is 0 Å². The van der Waals surface area contributed by atoms with E-state index >= 15 is 0 Å². The van der Waals surface area contributed by atoms with Gasteiger partial charge in [0.25, 0.3) is 0 Å². The third-order valence-corrected chi connectivity index (χ3v) is 3.33. The first-order valence-corrected chi connectivity index (χ1v) is 6.87. The highest BCUT2D eigenvalue weighted by molar-refractivity contribution is 6.38. The number of hydrogen-bond donors (Lipinski definition) is 0. The Labute approximate surface area is 94.2 Å². The maximum atomic E-state index is 10.0. The largest absolute Gasteiger partial charge is 0.300 e. The fourth-order valence-corrected chi connectivity index (χ4v) is 3.18. The van der Waals surface area contributed by atoms with E-state index in [2.05, 4.69) is 27.7 Å². The average molecular weight is 214 g/mol. The van der Waals surface area contributed by atoms with Gasteiger partial charge in [0.1, 0.15) is 11.6 Å². The summed E-state index contributed by atoms with van der Waals surface area (Å²) in [6, 6.07) is 0. The first-order valence-electron chi connectivity index (χ1n) is 5.24. The van der Waals surface area contributed by atoms with Crippen molar-refractivity contribution in [3.63, 3.8) is 0 Å². The van der Waals surface area contributed by atoms with Crippen LogP contribution in [0.15, 0.2) is 0 Å². The van der Waals surface area contributed by atoms with Crippen LogP contribution in [-0.2, 0) is 9.59 Å². The molecule has 0 saturated carbocycles. The van der Waals surface area contributed by atoms with Crippen molar-refractivity contribution >= 4 is 26.8 Å². The molecule has 0 aromatic rings. The van der Waals surface area contributed by atoms with Gasteiger partial charge in [0, 0.05) is 0 Å². The van der Waals surface area contributed by atoms with Gasteiger partial charge in [-0.15, -0.1) is 0 Å². The smallest absolute Gasteiger partial charge is 0.243 e. The Bertz CT molecular complexity index is 156. The Hall–Kier alpha value is -0.128. The Kier molecular flexibility index (Phi) is 11.0. The molecule has 0 aliphatic carbocycles. The SMILES string of the molecule is CC(=O)CC(C)=O.C[CH](C)[AlH][CH](C)C. The topological polar surface area (TPSA) is 34.1 Å². The van der Waals surface area contributed by atoms with Crippen LogP contribution in [0.3, 0.4) is 0 Å². The lowest BCUT2D eigenvalue weighted by Crippen LogP contribution is -1.98. The molecule has 0 aromatic heterocycles. The summed E-state index contributed by atoms with van der Waals surface area (Å²) in [6.45, 7) is 12.1. The van der Waals surface area contributed by atoms with E-state index in [4.69, 9.17) is 0 Å². The van der Waals surface area contributed by atoms with Gasteiger partial charge in [-0.25, -0.2) is 0 Å². The van der Waals surface area contributed by atoms with Gasteiger partial charge in [0.15, 0.2) is 0 Å². The van der Waals surface area contributed by atoms with Crippen LogP contribution < -0.4 is 0 Å². The Morgan fingerprint density at radius 2 is 1.21 bits per heavy atom. The molecule has 0 radical (unpaired) electrons. The second kappa shape index (κ2) is 9.43. The molecule has 0 aromatic carbocycles. The molecule has 0 N–H and O–H groups in total. The summed E-state index contributed by atoms with van der Waals surface area (Å²) in [7, 11) is 0. The zero-order valence-corrected chi connectivity index (χ0v) is 11.8. The van der Waals surface area contributed by atoms with Crippen LogP contribution >= 0.6 is 0 Å². The molecule has 0 bridgehead atoms. The molecule has 0 spiro atoms. The van der Waals surface area contributed by atoms with Crippen molar-refractivity contribution in [1.82, 2.24) is 0 Å². The molecule has 0 heterocycles. The van der Waals surface area contributed by atoms with Crippen molar-refractivity contribution < 1.29 is 9.59 Å². The van der Waals surface area contributed by atoms with Crippen LogP contribution in [0.2, 0.25) is 9.56 Å². The molecule has 0 rings (SSSR count). The highest BCUT2D eigenvalue weighted by Gasteiger charge is 2.01. The first kappa shape index (κ1) is 16.3. The number of ketones is 2. The second-order valence-electron chi connectivity index (χ2n) is 4.60. The van der Waals surface area contributed by atoms with Gasteiger partial charge in [0.05, 0.1) is 6.42 Å². The van der Waals surface area contributed by atoms with E-state index in [1.54, 1.807) is 0 Å². The van der Waals surface area contributed by atoms with E-state index in [9.17, 15) is 9.59 Å². The van der Waals surface area contributed by atoms with E-state index in [1.807, 2.05) is 0 Å². The molecule has 0 fully saturated rings. The molecular weight excluding hydrogens is 191 g/mol. The third kappa shape index (κ3) is 22.6. The van der Waals surface area contributed by atoms with Gasteiger partial charge in [-0.2, -0.15) is 0 Å². The zero-order valence-electron chi connectivity index (χ0n) is 10.4. The van der Waals surface area contributed by atoms with Crippen LogP contribution in [0.1, 0.15) is 48.0 Å². The summed E-state index contributed by atoms with van der Waals surface area (Å²) in [5.74, 6) is -0.125. The highest BCUT2D eigenvalue weighted by Crippen LogP contribution is 2.07. The van der Waals surface area contributed by atoms with Crippen LogP contribution in [0.25, 0.3) is 0 Å². The second-order valence-corrected chi connectivity index (χ2v) is 8.34. The molecule has 0 unspecified atom stereocenters. The maximum Gasteiger partial charge on any atom is 0.243 e.